The molecule has 2 rings (SSSR count). The van der Waals surface area contributed by atoms with Gasteiger partial charge in [-0.15, -0.1) is 0 Å². The number of phenols is 3. The first-order chi connectivity index (χ1) is 11.9. The van der Waals surface area contributed by atoms with Crippen LogP contribution < -0.4 is 14.8 Å². The number of phenolic OH excluding ortho intramolecular Hbond substituents is 3. The van der Waals surface area contributed by atoms with Gasteiger partial charge in [0.1, 0.15) is 0 Å². The maximum absolute atomic E-state index is 11.9. The van der Waals surface area contributed by atoms with Crippen LogP contribution in [-0.2, 0) is 11.3 Å². The smallest absolute Gasteiger partial charge is 0.244 e. The van der Waals surface area contributed by atoms with E-state index in [0.29, 0.717) is 11.1 Å². The first-order valence-corrected chi connectivity index (χ1v) is 7.36. The molecule has 132 valence electrons. The highest BCUT2D eigenvalue weighted by Crippen LogP contribution is 2.37. The van der Waals surface area contributed by atoms with Crippen LogP contribution in [0, 0.1) is 0 Å². The molecular weight excluding hydrogens is 326 g/mol. The lowest BCUT2D eigenvalue weighted by atomic mass is 10.1. The number of methoxy groups -OCH3 is 2. The second-order valence-electron chi connectivity index (χ2n) is 5.15. The van der Waals surface area contributed by atoms with Crippen molar-refractivity contribution in [3.05, 3.63) is 47.5 Å². The van der Waals surface area contributed by atoms with Crippen molar-refractivity contribution < 1.29 is 29.6 Å². The molecule has 2 aromatic carbocycles. The van der Waals surface area contributed by atoms with E-state index in [-0.39, 0.29) is 41.2 Å². The lowest BCUT2D eigenvalue weighted by Crippen LogP contribution is -2.20. The van der Waals surface area contributed by atoms with Crippen LogP contribution in [0.5, 0.6) is 28.7 Å². The van der Waals surface area contributed by atoms with E-state index in [9.17, 15) is 20.1 Å². The van der Waals surface area contributed by atoms with Crippen LogP contribution in [0.25, 0.3) is 6.08 Å². The fourth-order valence-electron chi connectivity index (χ4n) is 2.11. The van der Waals surface area contributed by atoms with Crippen LogP contribution in [0.3, 0.4) is 0 Å². The summed E-state index contributed by atoms with van der Waals surface area (Å²) >= 11 is 0. The summed E-state index contributed by atoms with van der Waals surface area (Å²) in [5.74, 6) is -0.439. The fourth-order valence-corrected chi connectivity index (χ4v) is 2.11. The van der Waals surface area contributed by atoms with E-state index >= 15 is 0 Å². The molecule has 0 aliphatic heterocycles. The highest BCUT2D eigenvalue weighted by molar-refractivity contribution is 5.91. The van der Waals surface area contributed by atoms with Crippen molar-refractivity contribution >= 4 is 12.0 Å². The topological polar surface area (TPSA) is 108 Å². The van der Waals surface area contributed by atoms with Gasteiger partial charge in [-0.05, 0) is 41.5 Å². The molecule has 0 heterocycles. The predicted molar refractivity (Wildman–Crippen MR) is 91.9 cm³/mol. The summed E-state index contributed by atoms with van der Waals surface area (Å²) in [6.45, 7) is 0.205. The highest BCUT2D eigenvalue weighted by atomic mass is 16.5. The number of amides is 1. The number of carbonyl (C=O) groups is 1. The number of rotatable bonds is 6. The zero-order valence-corrected chi connectivity index (χ0v) is 13.8. The highest BCUT2D eigenvalue weighted by Gasteiger charge is 2.11. The maximum atomic E-state index is 11.9. The normalized spacial score (nSPS) is 10.6. The molecule has 0 unspecified atom stereocenters. The number of carbonyl (C=O) groups excluding carboxylic acids is 1. The van der Waals surface area contributed by atoms with Crippen LogP contribution in [0.4, 0.5) is 0 Å². The van der Waals surface area contributed by atoms with E-state index in [2.05, 4.69) is 5.32 Å². The van der Waals surface area contributed by atoms with Crippen LogP contribution in [0.1, 0.15) is 11.1 Å². The summed E-state index contributed by atoms with van der Waals surface area (Å²) in [6, 6.07) is 7.44. The predicted octanol–water partition coefficient (Wildman–Crippen LogP) is 2.15. The Morgan fingerprint density at radius 2 is 1.68 bits per heavy atom. The number of nitrogens with one attached hydrogen (secondary N) is 1. The Hall–Kier alpha value is -3.35. The van der Waals surface area contributed by atoms with Crippen molar-refractivity contribution in [2.75, 3.05) is 14.2 Å². The van der Waals surface area contributed by atoms with Gasteiger partial charge in [0.15, 0.2) is 23.0 Å². The summed E-state index contributed by atoms with van der Waals surface area (Å²) in [5.41, 5.74) is 1.26. The Kier molecular flexibility index (Phi) is 5.73. The fraction of sp³-hybridized carbons (Fsp3) is 0.167. The van der Waals surface area contributed by atoms with E-state index in [0.717, 1.165) is 0 Å². The lowest BCUT2D eigenvalue weighted by molar-refractivity contribution is -0.116. The van der Waals surface area contributed by atoms with Crippen molar-refractivity contribution in [1.82, 2.24) is 5.32 Å². The van der Waals surface area contributed by atoms with Crippen LogP contribution >= 0.6 is 0 Å². The maximum Gasteiger partial charge on any atom is 0.244 e. The van der Waals surface area contributed by atoms with Crippen LogP contribution in [-0.4, -0.2) is 35.4 Å². The van der Waals surface area contributed by atoms with E-state index < -0.39 is 0 Å². The molecule has 0 atom stereocenters. The van der Waals surface area contributed by atoms with Gasteiger partial charge in [-0.2, -0.15) is 0 Å². The molecule has 0 saturated heterocycles. The molecule has 0 saturated carbocycles. The standard InChI is InChI=1S/C18H19NO6/c1-24-15-8-12(9-16(25-2)18(15)23)10-19-17(22)6-4-11-3-5-13(20)14(21)7-11/h3-9,20-21,23H,10H2,1-2H3,(H,19,22)/b6-4+. The first-order valence-electron chi connectivity index (χ1n) is 7.36. The van der Waals surface area contributed by atoms with E-state index in [1.165, 1.54) is 38.5 Å². The van der Waals surface area contributed by atoms with Gasteiger partial charge in [-0.25, -0.2) is 0 Å². The third-order valence-electron chi connectivity index (χ3n) is 3.43. The van der Waals surface area contributed by atoms with Gasteiger partial charge in [0.25, 0.3) is 0 Å². The summed E-state index contributed by atoms with van der Waals surface area (Å²) in [6.07, 6.45) is 2.81. The van der Waals surface area contributed by atoms with Gasteiger partial charge in [-0.1, -0.05) is 6.07 Å². The molecule has 7 nitrogen and oxygen atoms in total. The summed E-state index contributed by atoms with van der Waals surface area (Å²) in [5, 5.41) is 31.2. The van der Waals surface area contributed by atoms with Crippen molar-refractivity contribution in [3.63, 3.8) is 0 Å². The Morgan fingerprint density at radius 3 is 2.24 bits per heavy atom. The molecule has 2 aromatic rings. The van der Waals surface area contributed by atoms with Gasteiger partial charge in [-0.3, -0.25) is 4.79 Å². The lowest BCUT2D eigenvalue weighted by Gasteiger charge is -2.11. The number of hydrogen-bond donors (Lipinski definition) is 4. The van der Waals surface area contributed by atoms with Crippen molar-refractivity contribution in [2.24, 2.45) is 0 Å². The molecule has 0 aliphatic carbocycles. The third kappa shape index (κ3) is 4.57. The molecule has 0 bridgehead atoms. The number of benzene rings is 2. The second kappa shape index (κ2) is 7.96. The summed E-state index contributed by atoms with van der Waals surface area (Å²) in [4.78, 5) is 11.9. The third-order valence-corrected chi connectivity index (χ3v) is 3.43. The average Bonchev–Trinajstić information content (AvgIpc) is 2.61. The zero-order valence-electron chi connectivity index (χ0n) is 13.8. The number of hydrogen-bond acceptors (Lipinski definition) is 6. The molecule has 1 amide bonds. The van der Waals surface area contributed by atoms with Gasteiger partial charge < -0.3 is 30.1 Å². The zero-order chi connectivity index (χ0) is 18.4. The van der Waals surface area contributed by atoms with Crippen molar-refractivity contribution in [2.45, 2.75) is 6.54 Å². The number of aromatic hydroxyl groups is 3. The molecule has 0 fully saturated rings. The average molecular weight is 345 g/mol. The number of ether oxygens (including phenoxy) is 2. The molecular formula is C18H19NO6. The molecule has 7 heteroatoms. The monoisotopic (exact) mass is 345 g/mol. The molecule has 25 heavy (non-hydrogen) atoms. The largest absolute Gasteiger partial charge is 0.504 e. The van der Waals surface area contributed by atoms with Crippen LogP contribution in [0.2, 0.25) is 0 Å². The second-order valence-corrected chi connectivity index (χ2v) is 5.15. The van der Waals surface area contributed by atoms with Gasteiger partial charge in [0, 0.05) is 12.6 Å². The molecule has 0 aliphatic rings. The minimum atomic E-state index is -0.349. The summed E-state index contributed by atoms with van der Waals surface area (Å²) in [7, 11) is 2.85. The van der Waals surface area contributed by atoms with Gasteiger partial charge >= 0.3 is 0 Å². The molecule has 0 spiro atoms. The SMILES string of the molecule is COc1cc(CNC(=O)/C=C/c2ccc(O)c(O)c2)cc(OC)c1O. The Balaban J connectivity index is 2.02. The van der Waals surface area contributed by atoms with E-state index in [4.69, 9.17) is 9.47 Å². The molecule has 4 N–H and O–H groups in total. The first kappa shape index (κ1) is 18.0. The van der Waals surface area contributed by atoms with Crippen molar-refractivity contribution in [1.29, 1.82) is 0 Å². The van der Waals surface area contributed by atoms with Gasteiger partial charge in [0.2, 0.25) is 11.7 Å². The van der Waals surface area contributed by atoms with Gasteiger partial charge in [0.05, 0.1) is 14.2 Å². The van der Waals surface area contributed by atoms with Crippen molar-refractivity contribution in [3.8, 4) is 28.7 Å². The minimum Gasteiger partial charge on any atom is -0.504 e. The minimum absolute atomic E-state index is 0.105. The quantitative estimate of drug-likeness (QED) is 0.472. The molecule has 0 aromatic heterocycles. The Morgan fingerprint density at radius 1 is 1.04 bits per heavy atom. The van der Waals surface area contributed by atoms with Crippen LogP contribution in [0.15, 0.2) is 36.4 Å². The van der Waals surface area contributed by atoms with E-state index in [1.54, 1.807) is 18.2 Å². The Labute approximate surface area is 144 Å². The molecule has 0 radical (unpaired) electrons. The summed E-state index contributed by atoms with van der Waals surface area (Å²) < 4.78 is 10.1. The Bertz CT molecular complexity index is 775. The van der Waals surface area contributed by atoms with E-state index in [1.807, 2.05) is 0 Å².